The van der Waals surface area contributed by atoms with Gasteiger partial charge in [0.25, 0.3) is 0 Å². The Balaban J connectivity index is 0.839. The molecule has 1 aromatic heterocycles. The molecule has 2 saturated heterocycles. The summed E-state index contributed by atoms with van der Waals surface area (Å²) in [6, 6.07) is 18.3. The van der Waals surface area contributed by atoms with Crippen molar-refractivity contribution in [1.29, 1.82) is 0 Å². The second-order valence-electron chi connectivity index (χ2n) is 13.7. The number of hydrogen-bond donors (Lipinski definition) is 1. The molecule has 4 aliphatic rings. The summed E-state index contributed by atoms with van der Waals surface area (Å²) in [5, 5.41) is 26.5. The molecule has 1 N–H and O–H groups in total. The lowest BCUT2D eigenvalue weighted by Gasteiger charge is -2.37. The SMILES string of the molecule is OC1N(CC2CCCC2)N=CN1c1ccc(N2CCN(c3ccc(OC[C@H]4CO[C@](Cn5nccn5)(c5ccc(Cl)cc5Cl)O4)cc3F)CC2)cc1. The van der Waals surface area contributed by atoms with Crippen LogP contribution in [0.25, 0.3) is 0 Å². The minimum Gasteiger partial charge on any atom is -0.491 e. The van der Waals surface area contributed by atoms with E-state index in [2.05, 4.69) is 37.2 Å². The Labute approximate surface area is 311 Å². The number of ether oxygens (including phenoxy) is 3. The van der Waals surface area contributed by atoms with Crippen molar-refractivity contribution in [2.24, 2.45) is 11.0 Å². The number of anilines is 3. The summed E-state index contributed by atoms with van der Waals surface area (Å²) >= 11 is 12.7. The Bertz CT molecular complexity index is 1860. The van der Waals surface area contributed by atoms with Gasteiger partial charge in [-0.3, -0.25) is 4.90 Å². The van der Waals surface area contributed by atoms with Crippen LogP contribution in [-0.4, -0.2) is 89.8 Å². The van der Waals surface area contributed by atoms with Gasteiger partial charge in [-0.1, -0.05) is 42.1 Å². The molecule has 0 bridgehead atoms. The highest BCUT2D eigenvalue weighted by atomic mass is 35.5. The van der Waals surface area contributed by atoms with Crippen LogP contribution in [0.4, 0.5) is 21.5 Å². The van der Waals surface area contributed by atoms with Gasteiger partial charge in [0.15, 0.2) is 0 Å². The van der Waals surface area contributed by atoms with Crippen molar-refractivity contribution < 1.29 is 23.7 Å². The zero-order chi connectivity index (χ0) is 35.7. The molecule has 1 saturated carbocycles. The van der Waals surface area contributed by atoms with E-state index in [0.717, 1.165) is 31.0 Å². The minimum atomic E-state index is -1.25. The summed E-state index contributed by atoms with van der Waals surface area (Å²) in [6.07, 6.45) is 8.55. The molecular formula is C37H41Cl2FN8O4. The molecule has 4 heterocycles. The third-order valence-electron chi connectivity index (χ3n) is 10.3. The minimum absolute atomic E-state index is 0.137. The van der Waals surface area contributed by atoms with Gasteiger partial charge in [-0.05, 0) is 67.3 Å². The molecule has 1 unspecified atom stereocenters. The third kappa shape index (κ3) is 7.38. The summed E-state index contributed by atoms with van der Waals surface area (Å²) in [7, 11) is 0. The number of rotatable bonds is 11. The maximum Gasteiger partial charge on any atom is 0.228 e. The molecule has 1 aliphatic carbocycles. The molecule has 0 radical (unpaired) electrons. The monoisotopic (exact) mass is 750 g/mol. The standard InChI is InChI=1S/C37H41Cl2FN8O4/c38-27-5-11-32(33(39)19-27)37(24-48-41-13-14-42-48)51-23-31(52-37)22-50-30-10-12-35(34(40)20-30)45-17-15-44(16-18-45)28-6-8-29(9-7-28)46-25-43-47(36(46)49)21-26-3-1-2-4-26/h5-14,19-20,25-26,31,36,49H,1-4,15-18,21-24H2/t31-,36?,37-/m0/s1. The van der Waals surface area contributed by atoms with E-state index in [4.69, 9.17) is 37.4 Å². The van der Waals surface area contributed by atoms with Gasteiger partial charge in [0, 0.05) is 60.8 Å². The first-order chi connectivity index (χ1) is 25.3. The molecule has 52 heavy (non-hydrogen) atoms. The van der Waals surface area contributed by atoms with Crippen LogP contribution in [0.15, 0.2) is 78.2 Å². The lowest BCUT2D eigenvalue weighted by atomic mass is 10.1. The first-order valence-electron chi connectivity index (χ1n) is 17.7. The molecule has 3 aromatic carbocycles. The van der Waals surface area contributed by atoms with Gasteiger partial charge >= 0.3 is 0 Å². The van der Waals surface area contributed by atoms with Crippen molar-refractivity contribution >= 4 is 46.6 Å². The number of aliphatic hydroxyl groups excluding tert-OH is 1. The Kier molecular flexibility index (Phi) is 10.1. The Morgan fingerprint density at radius 3 is 2.37 bits per heavy atom. The number of halogens is 3. The van der Waals surface area contributed by atoms with Crippen LogP contribution in [0, 0.1) is 11.7 Å². The van der Waals surface area contributed by atoms with Crippen LogP contribution in [0.2, 0.25) is 10.0 Å². The van der Waals surface area contributed by atoms with E-state index in [1.165, 1.54) is 36.5 Å². The summed E-state index contributed by atoms with van der Waals surface area (Å²) in [5.74, 6) is -0.607. The predicted molar refractivity (Wildman–Crippen MR) is 197 cm³/mol. The highest BCUT2D eigenvalue weighted by Gasteiger charge is 2.46. The molecule has 4 aromatic rings. The second kappa shape index (κ2) is 15.1. The number of piperazine rings is 1. The van der Waals surface area contributed by atoms with E-state index in [1.54, 1.807) is 59.0 Å². The van der Waals surface area contributed by atoms with E-state index in [0.29, 0.717) is 46.1 Å². The highest BCUT2D eigenvalue weighted by Crippen LogP contribution is 2.40. The number of hydrazone groups is 1. The first kappa shape index (κ1) is 34.9. The van der Waals surface area contributed by atoms with Crippen LogP contribution in [0.1, 0.15) is 31.2 Å². The topological polar surface area (TPSA) is 104 Å². The van der Waals surface area contributed by atoms with Gasteiger partial charge in [-0.15, -0.1) is 0 Å². The van der Waals surface area contributed by atoms with E-state index in [-0.39, 0.29) is 25.6 Å². The smallest absolute Gasteiger partial charge is 0.228 e. The predicted octanol–water partition coefficient (Wildman–Crippen LogP) is 5.93. The number of benzene rings is 3. The van der Waals surface area contributed by atoms with Gasteiger partial charge in [0.1, 0.15) is 37.2 Å². The molecule has 3 aliphatic heterocycles. The van der Waals surface area contributed by atoms with Crippen molar-refractivity contribution in [2.75, 3.05) is 60.6 Å². The molecule has 3 atom stereocenters. The van der Waals surface area contributed by atoms with Gasteiger partial charge in [-0.25, -0.2) is 9.40 Å². The summed E-state index contributed by atoms with van der Waals surface area (Å²) < 4.78 is 34.1. The Hall–Kier alpha value is -4.14. The fourth-order valence-electron chi connectivity index (χ4n) is 7.51. The summed E-state index contributed by atoms with van der Waals surface area (Å²) in [5.41, 5.74) is 3.11. The van der Waals surface area contributed by atoms with Gasteiger partial charge < -0.3 is 29.1 Å². The van der Waals surface area contributed by atoms with Crippen molar-refractivity contribution in [1.82, 2.24) is 20.0 Å². The maximum absolute atomic E-state index is 15.5. The van der Waals surface area contributed by atoms with Gasteiger partial charge in [0.05, 0.1) is 29.7 Å². The summed E-state index contributed by atoms with van der Waals surface area (Å²) in [6.45, 7) is 4.13. The quantitative estimate of drug-likeness (QED) is 0.199. The molecule has 3 fully saturated rings. The van der Waals surface area contributed by atoms with E-state index < -0.39 is 18.2 Å². The molecule has 0 amide bonds. The molecular weight excluding hydrogens is 710 g/mol. The van der Waals surface area contributed by atoms with E-state index >= 15 is 4.39 Å². The number of hydrogen-bond acceptors (Lipinski definition) is 11. The van der Waals surface area contributed by atoms with E-state index in [1.807, 2.05) is 12.1 Å². The lowest BCUT2D eigenvalue weighted by Crippen LogP contribution is -2.46. The highest BCUT2D eigenvalue weighted by molar-refractivity contribution is 6.35. The molecule has 8 rings (SSSR count). The van der Waals surface area contributed by atoms with Crippen molar-refractivity contribution in [2.45, 2.75) is 50.5 Å². The van der Waals surface area contributed by atoms with Crippen LogP contribution in [0.5, 0.6) is 5.75 Å². The average Bonchev–Trinajstić information content (AvgIpc) is 3.99. The first-order valence-corrected chi connectivity index (χ1v) is 18.5. The van der Waals surface area contributed by atoms with Crippen LogP contribution in [-0.2, 0) is 21.8 Å². The maximum atomic E-state index is 15.5. The zero-order valence-corrected chi connectivity index (χ0v) is 30.1. The van der Waals surface area contributed by atoms with Crippen LogP contribution >= 0.6 is 23.2 Å². The molecule has 0 spiro atoms. The molecule has 12 nitrogen and oxygen atoms in total. The van der Waals surface area contributed by atoms with Crippen molar-refractivity contribution in [3.63, 3.8) is 0 Å². The van der Waals surface area contributed by atoms with E-state index in [9.17, 15) is 5.11 Å². The van der Waals surface area contributed by atoms with Crippen molar-refractivity contribution in [3.8, 4) is 5.75 Å². The Morgan fingerprint density at radius 1 is 0.904 bits per heavy atom. The molecule has 15 heteroatoms. The largest absolute Gasteiger partial charge is 0.491 e. The second-order valence-corrected chi connectivity index (χ2v) is 14.5. The van der Waals surface area contributed by atoms with Crippen LogP contribution in [0.3, 0.4) is 0 Å². The van der Waals surface area contributed by atoms with Crippen molar-refractivity contribution in [3.05, 3.63) is 94.5 Å². The van der Waals surface area contributed by atoms with Gasteiger partial charge in [0.2, 0.25) is 12.1 Å². The lowest BCUT2D eigenvalue weighted by molar-refractivity contribution is -0.192. The zero-order valence-electron chi connectivity index (χ0n) is 28.6. The molecule has 274 valence electrons. The van der Waals surface area contributed by atoms with Crippen LogP contribution < -0.4 is 19.4 Å². The normalized spacial score (nSPS) is 23.7. The third-order valence-corrected chi connectivity index (χ3v) is 10.8. The number of nitrogens with zero attached hydrogens (tertiary/aromatic N) is 8. The average molecular weight is 752 g/mol. The fourth-order valence-corrected chi connectivity index (χ4v) is 8.07. The van der Waals surface area contributed by atoms with Gasteiger partial charge in [-0.2, -0.15) is 20.1 Å². The Morgan fingerprint density at radius 2 is 1.63 bits per heavy atom. The number of aromatic nitrogens is 3. The summed E-state index contributed by atoms with van der Waals surface area (Å²) in [4.78, 5) is 7.62. The fraction of sp³-hybridized carbons (Fsp3) is 0.432. The number of aliphatic hydroxyl groups is 1.